The number of likely N-dealkylation sites (N-methyl/N-ethyl adjacent to an activating group) is 1. The van der Waals surface area contributed by atoms with E-state index in [1.807, 2.05) is 39.8 Å². The molecular weight excluding hydrogens is 252 g/mol. The van der Waals surface area contributed by atoms with Gasteiger partial charge in [-0.2, -0.15) is 0 Å². The molecule has 1 aromatic carbocycles. The number of Topliss-reactive ketones (excluding diaryl/α,β-unsaturated/α-hetero) is 1. The van der Waals surface area contributed by atoms with Crippen molar-refractivity contribution in [3.05, 3.63) is 29.8 Å². The topological polar surface area (TPSA) is 49.4 Å². The Kier molecular flexibility index (Phi) is 6.22. The third-order valence-electron chi connectivity index (χ3n) is 3.36. The van der Waals surface area contributed by atoms with Crippen LogP contribution in [0.25, 0.3) is 0 Å². The summed E-state index contributed by atoms with van der Waals surface area (Å²) in [6.45, 7) is 9.07. The van der Waals surface area contributed by atoms with E-state index in [1.165, 1.54) is 0 Å². The fourth-order valence-electron chi connectivity index (χ4n) is 2.08. The van der Waals surface area contributed by atoms with E-state index in [0.717, 1.165) is 5.69 Å². The Balaban J connectivity index is 2.69. The zero-order valence-electron chi connectivity index (χ0n) is 12.8. The zero-order valence-corrected chi connectivity index (χ0v) is 12.8. The standard InChI is InChI=1S/C16H24N2O2/c1-5-15(19)13-8-10-14(11-9-13)17-12(4)16(20)18(6-2)7-3/h8-12,17H,5-7H2,1-4H3. The van der Waals surface area contributed by atoms with Crippen LogP contribution in [0.1, 0.15) is 44.5 Å². The molecule has 0 radical (unpaired) electrons. The lowest BCUT2D eigenvalue weighted by molar-refractivity contribution is -0.131. The predicted molar refractivity (Wildman–Crippen MR) is 82.1 cm³/mol. The minimum Gasteiger partial charge on any atom is -0.374 e. The SMILES string of the molecule is CCC(=O)c1ccc(NC(C)C(=O)N(CC)CC)cc1. The van der Waals surface area contributed by atoms with Crippen molar-refractivity contribution in [1.29, 1.82) is 0 Å². The van der Waals surface area contributed by atoms with Crippen LogP contribution in [0.2, 0.25) is 0 Å². The molecule has 0 saturated carbocycles. The molecule has 0 saturated heterocycles. The molecule has 4 nitrogen and oxygen atoms in total. The van der Waals surface area contributed by atoms with Crippen LogP contribution in [0.3, 0.4) is 0 Å². The summed E-state index contributed by atoms with van der Waals surface area (Å²) in [6.07, 6.45) is 0.504. The molecule has 4 heteroatoms. The first-order valence-electron chi connectivity index (χ1n) is 7.22. The van der Waals surface area contributed by atoms with Crippen molar-refractivity contribution in [3.8, 4) is 0 Å². The van der Waals surface area contributed by atoms with Crippen LogP contribution < -0.4 is 5.32 Å². The molecule has 0 spiro atoms. The molecule has 110 valence electrons. The van der Waals surface area contributed by atoms with Gasteiger partial charge in [-0.1, -0.05) is 6.92 Å². The monoisotopic (exact) mass is 276 g/mol. The van der Waals surface area contributed by atoms with Gasteiger partial charge in [0.2, 0.25) is 5.91 Å². The van der Waals surface area contributed by atoms with Crippen LogP contribution in [0.5, 0.6) is 0 Å². The molecule has 0 aliphatic heterocycles. The van der Waals surface area contributed by atoms with Crippen molar-refractivity contribution < 1.29 is 9.59 Å². The summed E-state index contributed by atoms with van der Waals surface area (Å²) in [4.78, 5) is 25.5. The molecule has 20 heavy (non-hydrogen) atoms. The minimum absolute atomic E-state index is 0.0868. The van der Waals surface area contributed by atoms with E-state index in [2.05, 4.69) is 5.32 Å². The quantitative estimate of drug-likeness (QED) is 0.779. The number of benzene rings is 1. The van der Waals surface area contributed by atoms with Gasteiger partial charge in [-0.05, 0) is 45.0 Å². The lowest BCUT2D eigenvalue weighted by atomic mass is 10.1. The first-order valence-corrected chi connectivity index (χ1v) is 7.22. The van der Waals surface area contributed by atoms with E-state index in [4.69, 9.17) is 0 Å². The summed E-state index contributed by atoms with van der Waals surface area (Å²) in [6, 6.07) is 7.00. The van der Waals surface area contributed by atoms with E-state index < -0.39 is 0 Å². The lowest BCUT2D eigenvalue weighted by Gasteiger charge is -2.24. The van der Waals surface area contributed by atoms with Gasteiger partial charge in [0.15, 0.2) is 5.78 Å². The molecule has 0 aliphatic rings. The van der Waals surface area contributed by atoms with E-state index in [1.54, 1.807) is 17.0 Å². The Bertz CT molecular complexity index is 450. The second-order valence-corrected chi connectivity index (χ2v) is 4.73. The molecule has 0 heterocycles. The maximum atomic E-state index is 12.1. The van der Waals surface area contributed by atoms with Gasteiger partial charge in [0.1, 0.15) is 6.04 Å². The number of anilines is 1. The minimum atomic E-state index is -0.275. The molecule has 0 bridgehead atoms. The van der Waals surface area contributed by atoms with Crippen molar-refractivity contribution in [3.63, 3.8) is 0 Å². The number of nitrogens with one attached hydrogen (secondary N) is 1. The maximum Gasteiger partial charge on any atom is 0.244 e. The van der Waals surface area contributed by atoms with Crippen molar-refractivity contribution in [2.45, 2.75) is 40.2 Å². The zero-order chi connectivity index (χ0) is 15.1. The van der Waals surface area contributed by atoms with Crippen molar-refractivity contribution >= 4 is 17.4 Å². The summed E-state index contributed by atoms with van der Waals surface area (Å²) >= 11 is 0. The highest BCUT2D eigenvalue weighted by Crippen LogP contribution is 2.13. The first kappa shape index (κ1) is 16.2. The largest absolute Gasteiger partial charge is 0.374 e. The van der Waals surface area contributed by atoms with Crippen LogP contribution in [-0.4, -0.2) is 35.7 Å². The van der Waals surface area contributed by atoms with Gasteiger partial charge in [0.25, 0.3) is 0 Å². The number of nitrogens with zero attached hydrogens (tertiary/aromatic N) is 1. The molecule has 0 aliphatic carbocycles. The van der Waals surface area contributed by atoms with Gasteiger partial charge in [-0.15, -0.1) is 0 Å². The number of ketones is 1. The summed E-state index contributed by atoms with van der Waals surface area (Å²) in [5.74, 6) is 0.215. The average Bonchev–Trinajstić information content (AvgIpc) is 2.48. The van der Waals surface area contributed by atoms with E-state index in [-0.39, 0.29) is 17.7 Å². The summed E-state index contributed by atoms with van der Waals surface area (Å²) in [5, 5.41) is 3.17. The normalized spacial score (nSPS) is 11.8. The first-order chi connectivity index (χ1) is 9.53. The lowest BCUT2D eigenvalue weighted by Crippen LogP contribution is -2.41. The Morgan fingerprint density at radius 2 is 1.65 bits per heavy atom. The number of rotatable bonds is 7. The van der Waals surface area contributed by atoms with Gasteiger partial charge < -0.3 is 10.2 Å². The Morgan fingerprint density at radius 3 is 2.10 bits per heavy atom. The molecule has 1 rings (SSSR count). The molecule has 1 N–H and O–H groups in total. The summed E-state index contributed by atoms with van der Waals surface area (Å²) in [7, 11) is 0. The third kappa shape index (κ3) is 4.08. The van der Waals surface area contributed by atoms with E-state index in [0.29, 0.717) is 25.1 Å². The fraction of sp³-hybridized carbons (Fsp3) is 0.500. The second-order valence-electron chi connectivity index (χ2n) is 4.73. The molecule has 1 unspecified atom stereocenters. The Hall–Kier alpha value is -1.84. The maximum absolute atomic E-state index is 12.1. The number of carbonyl (C=O) groups is 2. The van der Waals surface area contributed by atoms with Gasteiger partial charge in [0.05, 0.1) is 0 Å². The van der Waals surface area contributed by atoms with Gasteiger partial charge in [0, 0.05) is 30.8 Å². The molecular formula is C16H24N2O2. The summed E-state index contributed by atoms with van der Waals surface area (Å²) in [5.41, 5.74) is 1.56. The molecule has 1 amide bonds. The highest BCUT2D eigenvalue weighted by molar-refractivity contribution is 5.96. The smallest absolute Gasteiger partial charge is 0.244 e. The van der Waals surface area contributed by atoms with Crippen molar-refractivity contribution in [2.24, 2.45) is 0 Å². The van der Waals surface area contributed by atoms with Crippen LogP contribution in [0.4, 0.5) is 5.69 Å². The van der Waals surface area contributed by atoms with Crippen LogP contribution in [-0.2, 0) is 4.79 Å². The number of amides is 1. The highest BCUT2D eigenvalue weighted by atomic mass is 16.2. The fourth-order valence-corrected chi connectivity index (χ4v) is 2.08. The summed E-state index contributed by atoms with van der Waals surface area (Å²) < 4.78 is 0. The van der Waals surface area contributed by atoms with Gasteiger partial charge >= 0.3 is 0 Å². The van der Waals surface area contributed by atoms with Gasteiger partial charge in [-0.25, -0.2) is 0 Å². The van der Waals surface area contributed by atoms with Crippen molar-refractivity contribution in [1.82, 2.24) is 4.90 Å². The van der Waals surface area contributed by atoms with Crippen molar-refractivity contribution in [2.75, 3.05) is 18.4 Å². The predicted octanol–water partition coefficient (Wildman–Crippen LogP) is 2.95. The third-order valence-corrected chi connectivity index (χ3v) is 3.36. The Morgan fingerprint density at radius 1 is 1.10 bits per heavy atom. The van der Waals surface area contributed by atoms with E-state index in [9.17, 15) is 9.59 Å². The van der Waals surface area contributed by atoms with Crippen LogP contribution in [0, 0.1) is 0 Å². The molecule has 0 fully saturated rings. The molecule has 1 aromatic rings. The molecule has 0 aromatic heterocycles. The number of hydrogen-bond donors (Lipinski definition) is 1. The van der Waals surface area contributed by atoms with Crippen LogP contribution in [0.15, 0.2) is 24.3 Å². The number of carbonyl (C=O) groups excluding carboxylic acids is 2. The highest BCUT2D eigenvalue weighted by Gasteiger charge is 2.17. The van der Waals surface area contributed by atoms with Gasteiger partial charge in [-0.3, -0.25) is 9.59 Å². The molecule has 1 atom stereocenters. The number of hydrogen-bond acceptors (Lipinski definition) is 3. The average molecular weight is 276 g/mol. The second kappa shape index (κ2) is 7.68. The van der Waals surface area contributed by atoms with Crippen LogP contribution >= 0.6 is 0 Å². The Labute approximate surface area is 121 Å². The van der Waals surface area contributed by atoms with E-state index >= 15 is 0 Å².